The highest BCUT2D eigenvalue weighted by Crippen LogP contribution is 2.69. The molecule has 7 N–H and O–H groups in total. The first-order valence-electron chi connectivity index (χ1n) is 17.4. The molecule has 5 rings (SSSR count). The molecule has 1 heterocycles. The molecular formula is C35H60O10. The Morgan fingerprint density at radius 3 is 2.31 bits per heavy atom. The maximum Gasteiger partial charge on any atom is 0.187 e. The van der Waals surface area contributed by atoms with Crippen molar-refractivity contribution in [1.82, 2.24) is 0 Å². The van der Waals surface area contributed by atoms with Crippen molar-refractivity contribution in [3.63, 3.8) is 0 Å². The number of rotatable bonds is 10. The summed E-state index contributed by atoms with van der Waals surface area (Å²) in [7, 11) is 1.43. The van der Waals surface area contributed by atoms with Crippen molar-refractivity contribution in [3.8, 4) is 0 Å². The Kier molecular flexibility index (Phi) is 10.6. The molecule has 260 valence electrons. The van der Waals surface area contributed by atoms with E-state index in [1.807, 2.05) is 6.08 Å². The normalized spacial score (nSPS) is 49.6. The zero-order valence-electron chi connectivity index (χ0n) is 28.1. The van der Waals surface area contributed by atoms with E-state index in [-0.39, 0.29) is 37.4 Å². The van der Waals surface area contributed by atoms with E-state index in [1.54, 1.807) is 0 Å². The molecule has 10 heteroatoms. The van der Waals surface area contributed by atoms with E-state index in [0.717, 1.165) is 37.7 Å². The van der Waals surface area contributed by atoms with Crippen LogP contribution >= 0.6 is 0 Å². The molecule has 10 nitrogen and oxygen atoms in total. The van der Waals surface area contributed by atoms with E-state index in [2.05, 4.69) is 34.6 Å². The Morgan fingerprint density at radius 2 is 1.67 bits per heavy atom. The number of hydrogen-bond acceptors (Lipinski definition) is 10. The first-order valence-corrected chi connectivity index (χ1v) is 17.4. The number of methoxy groups -OCH3 is 1. The van der Waals surface area contributed by atoms with Crippen LogP contribution in [0.2, 0.25) is 0 Å². The number of aliphatic hydroxyl groups is 7. The van der Waals surface area contributed by atoms with Crippen molar-refractivity contribution < 1.29 is 50.0 Å². The van der Waals surface area contributed by atoms with Crippen LogP contribution in [0.25, 0.3) is 0 Å². The van der Waals surface area contributed by atoms with Crippen LogP contribution in [0.3, 0.4) is 0 Å². The fourth-order valence-corrected chi connectivity index (χ4v) is 11.0. The Labute approximate surface area is 268 Å². The second-order valence-electron chi connectivity index (χ2n) is 16.1. The van der Waals surface area contributed by atoms with Crippen molar-refractivity contribution in [3.05, 3.63) is 11.6 Å². The molecule has 0 radical (unpaired) electrons. The maximum atomic E-state index is 12.7. The molecule has 0 aromatic heterocycles. The average Bonchev–Trinajstić information content (AvgIpc) is 3.18. The minimum Gasteiger partial charge on any atom is -0.396 e. The lowest BCUT2D eigenvalue weighted by molar-refractivity contribution is -0.285. The van der Waals surface area contributed by atoms with Crippen LogP contribution in [0.1, 0.15) is 86.0 Å². The van der Waals surface area contributed by atoms with Gasteiger partial charge in [-0.05, 0) is 84.5 Å². The lowest BCUT2D eigenvalue weighted by Crippen LogP contribution is -2.66. The molecule has 0 amide bonds. The second kappa shape index (κ2) is 13.3. The van der Waals surface area contributed by atoms with Crippen LogP contribution < -0.4 is 0 Å². The lowest BCUT2D eigenvalue weighted by atomic mass is 9.43. The predicted molar refractivity (Wildman–Crippen MR) is 167 cm³/mol. The van der Waals surface area contributed by atoms with Gasteiger partial charge in [0.05, 0.1) is 36.6 Å². The summed E-state index contributed by atoms with van der Waals surface area (Å²) in [6.45, 7) is 10.8. The maximum absolute atomic E-state index is 12.7. The second-order valence-corrected chi connectivity index (χ2v) is 16.1. The molecule has 0 aromatic rings. The van der Waals surface area contributed by atoms with Gasteiger partial charge in [0.25, 0.3) is 0 Å². The number of ether oxygens (including phenoxy) is 3. The third-order valence-electron chi connectivity index (χ3n) is 13.3. The molecule has 0 spiro atoms. The molecule has 4 aliphatic carbocycles. The van der Waals surface area contributed by atoms with Crippen LogP contribution in [-0.2, 0) is 14.2 Å². The summed E-state index contributed by atoms with van der Waals surface area (Å²) in [5.41, 5.74) is -1.55. The summed E-state index contributed by atoms with van der Waals surface area (Å²) in [6.07, 6.45) is -0.00787. The number of fused-ring (bicyclic) bond motifs is 5. The van der Waals surface area contributed by atoms with E-state index in [0.29, 0.717) is 24.7 Å². The molecule has 0 aromatic carbocycles. The van der Waals surface area contributed by atoms with Crippen molar-refractivity contribution in [2.45, 2.75) is 141 Å². The van der Waals surface area contributed by atoms with Gasteiger partial charge in [-0.25, -0.2) is 0 Å². The van der Waals surface area contributed by atoms with E-state index < -0.39 is 71.4 Å². The van der Waals surface area contributed by atoms with E-state index >= 15 is 0 Å². The Bertz CT molecular complexity index is 1050. The van der Waals surface area contributed by atoms with Gasteiger partial charge in [0.15, 0.2) is 6.29 Å². The quantitative estimate of drug-likeness (QED) is 0.176. The highest BCUT2D eigenvalue weighted by Gasteiger charge is 2.72. The third kappa shape index (κ3) is 5.97. The standard InChI is InChI=1S/C35H60O10/c1-18(2)20(11-14-36)8-7-19(3)26-28(40)29(41)31-34(26,5)13-10-25-33(4)12-9-21(15-22(33)23(37)16-35(25,31)42)45-32-30(43-6)27(39)24(38)17-44-32/h15,18-21,23-32,36-42H,7-14,16-17H2,1-6H3/t19-,20-,21+,23-,24-,25?,26+,27+,28-,29+,30-,31?,32+,33+,34-,35+/m1/s1. The Hall–Kier alpha value is -0.660. The van der Waals surface area contributed by atoms with Gasteiger partial charge in [-0.3, -0.25) is 0 Å². The van der Waals surface area contributed by atoms with Gasteiger partial charge >= 0.3 is 0 Å². The predicted octanol–water partition coefficient (Wildman–Crippen LogP) is 2.14. The fourth-order valence-electron chi connectivity index (χ4n) is 11.0. The minimum absolute atomic E-state index is 0.0701. The van der Waals surface area contributed by atoms with Crippen LogP contribution in [0.15, 0.2) is 11.6 Å². The smallest absolute Gasteiger partial charge is 0.187 e. The highest BCUT2D eigenvalue weighted by molar-refractivity contribution is 5.33. The molecule has 3 saturated carbocycles. The van der Waals surface area contributed by atoms with Crippen molar-refractivity contribution in [2.24, 2.45) is 46.3 Å². The molecule has 1 aliphatic heterocycles. The lowest BCUT2D eigenvalue weighted by Gasteiger charge is -2.64. The Morgan fingerprint density at radius 1 is 0.956 bits per heavy atom. The van der Waals surface area contributed by atoms with E-state index in [9.17, 15) is 35.7 Å². The SMILES string of the molecule is CO[C@H]1[C@H](O[C@@H]2C=C3[C@H](O)C[C@]4(O)C(CC[C@@]5(C)C4[C@@H](O)[C@H](O)[C@@H]5[C@H](C)CC[C@H](CCO)C(C)C)[C@@]3(C)CC2)OC[C@@H](O)[C@@H]1O. The first kappa shape index (κ1) is 35.6. The molecule has 16 atom stereocenters. The summed E-state index contributed by atoms with van der Waals surface area (Å²) in [4.78, 5) is 0. The van der Waals surface area contributed by atoms with Crippen LogP contribution in [0.5, 0.6) is 0 Å². The summed E-state index contributed by atoms with van der Waals surface area (Å²) in [5, 5.41) is 77.6. The van der Waals surface area contributed by atoms with Crippen LogP contribution in [0, 0.1) is 46.3 Å². The monoisotopic (exact) mass is 640 g/mol. The van der Waals surface area contributed by atoms with Gasteiger partial charge in [0, 0.05) is 26.1 Å². The highest BCUT2D eigenvalue weighted by atomic mass is 16.7. The summed E-state index contributed by atoms with van der Waals surface area (Å²) in [6, 6.07) is 0. The van der Waals surface area contributed by atoms with Crippen molar-refractivity contribution in [2.75, 3.05) is 20.3 Å². The van der Waals surface area contributed by atoms with Gasteiger partial charge in [0.1, 0.15) is 18.3 Å². The molecule has 1 saturated heterocycles. The van der Waals surface area contributed by atoms with Crippen LogP contribution in [0.4, 0.5) is 0 Å². The summed E-state index contributed by atoms with van der Waals surface area (Å²) in [5.74, 6) is -0.00485. The molecule has 45 heavy (non-hydrogen) atoms. The van der Waals surface area contributed by atoms with Gasteiger partial charge < -0.3 is 50.0 Å². The zero-order chi connectivity index (χ0) is 33.1. The minimum atomic E-state index is -1.35. The zero-order valence-corrected chi connectivity index (χ0v) is 28.1. The third-order valence-corrected chi connectivity index (χ3v) is 13.3. The van der Waals surface area contributed by atoms with Crippen LogP contribution in [-0.4, -0.2) is 111 Å². The molecule has 5 aliphatic rings. The Balaban J connectivity index is 1.36. The molecular weight excluding hydrogens is 580 g/mol. The van der Waals surface area contributed by atoms with Gasteiger partial charge in [-0.15, -0.1) is 0 Å². The topological polar surface area (TPSA) is 169 Å². The number of hydrogen-bond donors (Lipinski definition) is 7. The average molecular weight is 641 g/mol. The van der Waals surface area contributed by atoms with Gasteiger partial charge in [-0.2, -0.15) is 0 Å². The van der Waals surface area contributed by atoms with Crippen molar-refractivity contribution in [1.29, 1.82) is 0 Å². The van der Waals surface area contributed by atoms with Gasteiger partial charge in [0.2, 0.25) is 0 Å². The fraction of sp³-hybridized carbons (Fsp3) is 0.943. The van der Waals surface area contributed by atoms with E-state index in [4.69, 9.17) is 14.2 Å². The van der Waals surface area contributed by atoms with Crippen molar-refractivity contribution >= 4 is 0 Å². The summed E-state index contributed by atoms with van der Waals surface area (Å²) < 4.78 is 17.3. The molecule has 4 fully saturated rings. The molecule has 0 bridgehead atoms. The van der Waals surface area contributed by atoms with E-state index in [1.165, 1.54) is 7.11 Å². The first-order chi connectivity index (χ1) is 21.1. The molecule has 2 unspecified atom stereocenters. The summed E-state index contributed by atoms with van der Waals surface area (Å²) >= 11 is 0. The number of aliphatic hydroxyl groups excluding tert-OH is 6. The van der Waals surface area contributed by atoms with Gasteiger partial charge in [-0.1, -0.05) is 47.1 Å². The largest absolute Gasteiger partial charge is 0.396 e.